The second-order valence-electron chi connectivity index (χ2n) is 5.73. The minimum absolute atomic E-state index is 0.0243. The molecule has 1 aliphatic rings. The minimum atomic E-state index is -3.01. The number of sulfone groups is 1. The van der Waals surface area contributed by atoms with Crippen molar-refractivity contribution in [2.24, 2.45) is 0 Å². The van der Waals surface area contributed by atoms with Crippen LogP contribution in [-0.4, -0.2) is 31.4 Å². The highest BCUT2D eigenvalue weighted by atomic mass is 32.2. The highest BCUT2D eigenvalue weighted by Crippen LogP contribution is 2.23. The number of carbonyl (C=O) groups excluding carboxylic acids is 1. The Morgan fingerprint density at radius 2 is 1.79 bits per heavy atom. The van der Waals surface area contributed by atoms with Crippen LogP contribution in [0.15, 0.2) is 18.2 Å². The summed E-state index contributed by atoms with van der Waals surface area (Å²) in [6.07, 6.45) is 0.478. The largest absolute Gasteiger partial charge is 0.346 e. The van der Waals surface area contributed by atoms with E-state index in [4.69, 9.17) is 0 Å². The average Bonchev–Trinajstić information content (AvgIpc) is 2.51. The van der Waals surface area contributed by atoms with Crippen molar-refractivity contribution >= 4 is 15.7 Å². The molecule has 0 aromatic heterocycles. The van der Waals surface area contributed by atoms with Crippen molar-refractivity contribution in [3.8, 4) is 0 Å². The molecule has 1 atom stereocenters. The van der Waals surface area contributed by atoms with E-state index in [0.29, 0.717) is 12.0 Å². The highest BCUT2D eigenvalue weighted by molar-refractivity contribution is 7.91. The molecular formula is C14H19NO3S. The van der Waals surface area contributed by atoms with Crippen LogP contribution in [0.5, 0.6) is 0 Å². The summed E-state index contributed by atoms with van der Waals surface area (Å²) in [5, 5.41) is 2.86. The average molecular weight is 281 g/mol. The molecule has 1 aliphatic heterocycles. The maximum Gasteiger partial charge on any atom is 0.251 e. The van der Waals surface area contributed by atoms with Gasteiger partial charge in [0.1, 0.15) is 0 Å². The first-order chi connectivity index (χ1) is 8.69. The fourth-order valence-corrected chi connectivity index (χ4v) is 4.65. The summed E-state index contributed by atoms with van der Waals surface area (Å²) in [7, 11) is -3.01. The van der Waals surface area contributed by atoms with Crippen LogP contribution in [0.3, 0.4) is 0 Å². The van der Waals surface area contributed by atoms with Crippen LogP contribution >= 0.6 is 0 Å². The van der Waals surface area contributed by atoms with Crippen molar-refractivity contribution in [3.63, 3.8) is 0 Å². The SMILES string of the molecule is Cc1cc(C)cc(C(=O)N[C@@]2(C)CCS(=O)(=O)C2)c1. The van der Waals surface area contributed by atoms with Crippen molar-refractivity contribution in [1.29, 1.82) is 0 Å². The number of hydrogen-bond acceptors (Lipinski definition) is 3. The van der Waals surface area contributed by atoms with Crippen LogP contribution in [0.1, 0.15) is 34.8 Å². The van der Waals surface area contributed by atoms with Crippen molar-refractivity contribution in [1.82, 2.24) is 5.32 Å². The summed E-state index contributed by atoms with van der Waals surface area (Å²) in [5.74, 6) is -0.0286. The Morgan fingerprint density at radius 1 is 1.21 bits per heavy atom. The lowest BCUT2D eigenvalue weighted by atomic mass is 10.0. The molecule has 4 nitrogen and oxygen atoms in total. The molecule has 1 amide bonds. The predicted octanol–water partition coefficient (Wildman–Crippen LogP) is 1.61. The smallest absolute Gasteiger partial charge is 0.251 e. The second-order valence-corrected chi connectivity index (χ2v) is 7.92. The van der Waals surface area contributed by atoms with Crippen LogP contribution in [0.2, 0.25) is 0 Å². The Labute approximate surface area is 114 Å². The van der Waals surface area contributed by atoms with Gasteiger partial charge in [-0.05, 0) is 39.3 Å². The molecule has 1 fully saturated rings. The van der Waals surface area contributed by atoms with Crippen LogP contribution in [0, 0.1) is 13.8 Å². The molecule has 104 valence electrons. The predicted molar refractivity (Wildman–Crippen MR) is 75.1 cm³/mol. The third kappa shape index (κ3) is 3.35. The third-order valence-corrected chi connectivity index (χ3v) is 5.31. The Balaban J connectivity index is 2.18. The van der Waals surface area contributed by atoms with Gasteiger partial charge in [0.15, 0.2) is 9.84 Å². The molecule has 5 heteroatoms. The van der Waals surface area contributed by atoms with Crippen LogP contribution in [0.4, 0.5) is 0 Å². The van der Waals surface area contributed by atoms with E-state index in [0.717, 1.165) is 11.1 Å². The van der Waals surface area contributed by atoms with Gasteiger partial charge in [0.25, 0.3) is 5.91 Å². The van der Waals surface area contributed by atoms with E-state index in [1.54, 1.807) is 6.92 Å². The zero-order valence-corrected chi connectivity index (χ0v) is 12.3. The van der Waals surface area contributed by atoms with E-state index >= 15 is 0 Å². The van der Waals surface area contributed by atoms with Gasteiger partial charge in [-0.15, -0.1) is 0 Å². The summed E-state index contributed by atoms with van der Waals surface area (Å²) >= 11 is 0. The van der Waals surface area contributed by atoms with E-state index in [1.165, 1.54) is 0 Å². The first-order valence-corrected chi connectivity index (χ1v) is 8.13. The number of nitrogens with one attached hydrogen (secondary N) is 1. The van der Waals surface area contributed by atoms with Gasteiger partial charge < -0.3 is 5.32 Å². The van der Waals surface area contributed by atoms with E-state index in [-0.39, 0.29) is 17.4 Å². The van der Waals surface area contributed by atoms with Crippen LogP contribution < -0.4 is 5.32 Å². The molecule has 1 aromatic rings. The third-order valence-electron chi connectivity index (χ3n) is 3.40. The number of hydrogen-bond donors (Lipinski definition) is 1. The molecular weight excluding hydrogens is 262 g/mol. The fraction of sp³-hybridized carbons (Fsp3) is 0.500. The van der Waals surface area contributed by atoms with Gasteiger partial charge in [-0.1, -0.05) is 17.2 Å². The lowest BCUT2D eigenvalue weighted by Crippen LogP contribution is -2.46. The van der Waals surface area contributed by atoms with Crippen LogP contribution in [-0.2, 0) is 9.84 Å². The molecule has 1 aromatic carbocycles. The Hall–Kier alpha value is -1.36. The van der Waals surface area contributed by atoms with Gasteiger partial charge in [0.05, 0.1) is 17.0 Å². The quantitative estimate of drug-likeness (QED) is 0.896. The Bertz CT molecular complexity index is 601. The minimum Gasteiger partial charge on any atom is -0.346 e. The number of amides is 1. The van der Waals surface area contributed by atoms with Gasteiger partial charge in [-0.25, -0.2) is 8.42 Å². The molecule has 2 rings (SSSR count). The molecule has 19 heavy (non-hydrogen) atoms. The normalized spacial score (nSPS) is 25.2. The molecule has 0 radical (unpaired) electrons. The summed E-state index contributed by atoms with van der Waals surface area (Å²) in [5.41, 5.74) is 1.99. The Kier molecular flexibility index (Phi) is 3.43. The molecule has 0 bridgehead atoms. The van der Waals surface area contributed by atoms with Gasteiger partial charge >= 0.3 is 0 Å². The van der Waals surface area contributed by atoms with Crippen molar-refractivity contribution in [3.05, 3.63) is 34.9 Å². The monoisotopic (exact) mass is 281 g/mol. The lowest BCUT2D eigenvalue weighted by molar-refractivity contribution is 0.0915. The first kappa shape index (κ1) is 14.1. The van der Waals surface area contributed by atoms with E-state index < -0.39 is 15.4 Å². The number of rotatable bonds is 2. The fourth-order valence-electron chi connectivity index (χ4n) is 2.56. The molecule has 1 N–H and O–H groups in total. The maximum atomic E-state index is 12.2. The topological polar surface area (TPSA) is 63.2 Å². The summed E-state index contributed by atoms with van der Waals surface area (Å²) in [6, 6.07) is 5.63. The molecule has 0 saturated carbocycles. The van der Waals surface area contributed by atoms with Gasteiger partial charge in [-0.2, -0.15) is 0 Å². The van der Waals surface area contributed by atoms with E-state index in [1.807, 2.05) is 32.0 Å². The van der Waals surface area contributed by atoms with E-state index in [2.05, 4.69) is 5.32 Å². The number of carbonyl (C=O) groups is 1. The van der Waals surface area contributed by atoms with Crippen molar-refractivity contribution in [2.75, 3.05) is 11.5 Å². The van der Waals surface area contributed by atoms with E-state index in [9.17, 15) is 13.2 Å². The molecule has 0 unspecified atom stereocenters. The summed E-state index contributed by atoms with van der Waals surface area (Å²) in [4.78, 5) is 12.2. The second kappa shape index (κ2) is 4.63. The lowest BCUT2D eigenvalue weighted by Gasteiger charge is -2.24. The van der Waals surface area contributed by atoms with Crippen molar-refractivity contribution in [2.45, 2.75) is 32.7 Å². The zero-order chi connectivity index (χ0) is 14.3. The van der Waals surface area contributed by atoms with Gasteiger partial charge in [-0.3, -0.25) is 4.79 Å². The van der Waals surface area contributed by atoms with Gasteiger partial charge in [0.2, 0.25) is 0 Å². The van der Waals surface area contributed by atoms with Crippen LogP contribution in [0.25, 0.3) is 0 Å². The summed E-state index contributed by atoms with van der Waals surface area (Å²) < 4.78 is 23.0. The standard InChI is InChI=1S/C14H19NO3S/c1-10-6-11(2)8-12(7-10)13(16)15-14(3)4-5-19(17,18)9-14/h6-8H,4-5,9H2,1-3H3,(H,15,16)/t14-/m0/s1. The Morgan fingerprint density at radius 3 is 2.26 bits per heavy atom. The molecule has 0 aliphatic carbocycles. The zero-order valence-electron chi connectivity index (χ0n) is 11.5. The molecule has 1 saturated heterocycles. The first-order valence-electron chi connectivity index (χ1n) is 6.30. The maximum absolute atomic E-state index is 12.2. The molecule has 0 spiro atoms. The van der Waals surface area contributed by atoms with Crippen molar-refractivity contribution < 1.29 is 13.2 Å². The molecule has 1 heterocycles. The highest BCUT2D eigenvalue weighted by Gasteiger charge is 2.39. The number of aryl methyl sites for hydroxylation is 2. The summed E-state index contributed by atoms with van der Waals surface area (Å²) in [6.45, 7) is 5.66. The number of benzene rings is 1. The van der Waals surface area contributed by atoms with Gasteiger partial charge in [0, 0.05) is 5.56 Å².